The Balaban J connectivity index is 1.55. The fourth-order valence-electron chi connectivity index (χ4n) is 3.00. The number of carbonyl (C=O) groups excluding carboxylic acids is 3. The maximum atomic E-state index is 12.3. The van der Waals surface area contributed by atoms with E-state index in [-0.39, 0.29) is 31.4 Å². The van der Waals surface area contributed by atoms with Crippen LogP contribution in [0.2, 0.25) is 0 Å². The van der Waals surface area contributed by atoms with E-state index in [0.717, 1.165) is 16.3 Å². The Morgan fingerprint density at radius 3 is 2.48 bits per heavy atom. The minimum absolute atomic E-state index is 0.159. The van der Waals surface area contributed by atoms with Gasteiger partial charge in [-0.1, -0.05) is 48.5 Å². The second-order valence-corrected chi connectivity index (χ2v) is 6.44. The highest BCUT2D eigenvalue weighted by Crippen LogP contribution is 2.18. The van der Waals surface area contributed by atoms with Crippen molar-refractivity contribution in [3.63, 3.8) is 0 Å². The van der Waals surface area contributed by atoms with E-state index in [1.807, 2.05) is 42.5 Å². The predicted octanol–water partition coefficient (Wildman–Crippen LogP) is 3.31. The van der Waals surface area contributed by atoms with Crippen molar-refractivity contribution in [3.8, 4) is 0 Å². The third-order valence-electron chi connectivity index (χ3n) is 4.33. The number of carbonyl (C=O) groups is 3. The zero-order valence-corrected chi connectivity index (χ0v) is 16.1. The number of esters is 1. The highest BCUT2D eigenvalue weighted by molar-refractivity contribution is 5.97. The van der Waals surface area contributed by atoms with E-state index in [4.69, 9.17) is 4.74 Å². The minimum Gasteiger partial charge on any atom is -0.462 e. The van der Waals surface area contributed by atoms with Crippen molar-refractivity contribution < 1.29 is 19.1 Å². The van der Waals surface area contributed by atoms with Gasteiger partial charge in [-0.3, -0.25) is 9.59 Å². The van der Waals surface area contributed by atoms with Gasteiger partial charge in [0.05, 0.1) is 25.1 Å². The van der Waals surface area contributed by atoms with Gasteiger partial charge in [0.2, 0.25) is 11.8 Å². The summed E-state index contributed by atoms with van der Waals surface area (Å²) in [5.41, 5.74) is 1.72. The molecule has 2 amide bonds. The number of amides is 2. The molecule has 0 radical (unpaired) electrons. The lowest BCUT2D eigenvalue weighted by Gasteiger charge is -2.09. The van der Waals surface area contributed by atoms with Crippen LogP contribution in [-0.4, -0.2) is 30.9 Å². The Hall–Kier alpha value is -3.67. The maximum Gasteiger partial charge on any atom is 0.338 e. The third kappa shape index (κ3) is 5.42. The van der Waals surface area contributed by atoms with Gasteiger partial charge in [0, 0.05) is 5.69 Å². The third-order valence-corrected chi connectivity index (χ3v) is 4.33. The zero-order chi connectivity index (χ0) is 20.6. The molecule has 0 unspecified atom stereocenters. The Morgan fingerprint density at radius 2 is 1.66 bits per heavy atom. The number of hydrogen-bond donors (Lipinski definition) is 2. The maximum absolute atomic E-state index is 12.3. The van der Waals surface area contributed by atoms with Crippen LogP contribution in [-0.2, 0) is 20.7 Å². The molecule has 0 saturated carbocycles. The first kappa shape index (κ1) is 20.1. The molecule has 148 valence electrons. The first-order valence-electron chi connectivity index (χ1n) is 9.37. The number of fused-ring (bicyclic) bond motifs is 1. The lowest BCUT2D eigenvalue weighted by atomic mass is 10.0. The molecule has 2 N–H and O–H groups in total. The summed E-state index contributed by atoms with van der Waals surface area (Å²) in [4.78, 5) is 36.2. The summed E-state index contributed by atoms with van der Waals surface area (Å²) in [6.45, 7) is 1.84. The normalized spacial score (nSPS) is 10.4. The summed E-state index contributed by atoms with van der Waals surface area (Å²) in [7, 11) is 0. The molecular weight excluding hydrogens is 368 g/mol. The van der Waals surface area contributed by atoms with E-state index in [0.29, 0.717) is 11.3 Å². The molecule has 6 heteroatoms. The molecule has 3 aromatic carbocycles. The van der Waals surface area contributed by atoms with E-state index in [1.165, 1.54) is 6.07 Å². The van der Waals surface area contributed by atoms with E-state index >= 15 is 0 Å². The van der Waals surface area contributed by atoms with Crippen molar-refractivity contribution in [2.75, 3.05) is 18.5 Å². The van der Waals surface area contributed by atoms with Crippen LogP contribution in [0.4, 0.5) is 5.69 Å². The number of benzene rings is 3. The SMILES string of the molecule is CCOC(=O)c1cccc(NC(=O)CNC(=O)Cc2cccc3ccccc23)c1. The molecule has 6 nitrogen and oxygen atoms in total. The molecule has 0 spiro atoms. The van der Waals surface area contributed by atoms with Crippen LogP contribution in [0.15, 0.2) is 66.7 Å². The predicted molar refractivity (Wildman–Crippen MR) is 112 cm³/mol. The first-order valence-corrected chi connectivity index (χ1v) is 9.37. The lowest BCUT2D eigenvalue weighted by molar-refractivity contribution is -0.123. The molecule has 0 aliphatic carbocycles. The van der Waals surface area contributed by atoms with Crippen LogP contribution in [0, 0.1) is 0 Å². The average molecular weight is 390 g/mol. The summed E-state index contributed by atoms with van der Waals surface area (Å²) >= 11 is 0. The van der Waals surface area contributed by atoms with Crippen molar-refractivity contribution in [1.82, 2.24) is 5.32 Å². The summed E-state index contributed by atoms with van der Waals surface area (Å²) in [6, 6.07) is 20.1. The van der Waals surface area contributed by atoms with Gasteiger partial charge in [-0.05, 0) is 41.5 Å². The van der Waals surface area contributed by atoms with Gasteiger partial charge < -0.3 is 15.4 Å². The standard InChI is InChI=1S/C23H22N2O4/c1-2-29-23(28)18-10-6-11-19(13-18)25-22(27)15-24-21(26)14-17-9-5-8-16-7-3-4-12-20(16)17/h3-13H,2,14-15H2,1H3,(H,24,26)(H,25,27). The number of anilines is 1. The van der Waals surface area contributed by atoms with Gasteiger partial charge in [-0.25, -0.2) is 4.79 Å². The Kier molecular flexibility index (Phi) is 6.58. The Labute approximate surface area is 168 Å². The molecule has 0 bridgehead atoms. The van der Waals surface area contributed by atoms with Crippen molar-refractivity contribution >= 4 is 34.2 Å². The molecule has 0 heterocycles. The van der Waals surface area contributed by atoms with Crippen LogP contribution in [0.3, 0.4) is 0 Å². The van der Waals surface area contributed by atoms with E-state index in [1.54, 1.807) is 25.1 Å². The van der Waals surface area contributed by atoms with Gasteiger partial charge >= 0.3 is 5.97 Å². The largest absolute Gasteiger partial charge is 0.462 e. The highest BCUT2D eigenvalue weighted by Gasteiger charge is 2.11. The number of nitrogens with one attached hydrogen (secondary N) is 2. The van der Waals surface area contributed by atoms with Crippen LogP contribution in [0.5, 0.6) is 0 Å². The summed E-state index contributed by atoms with van der Waals surface area (Å²) < 4.78 is 4.95. The van der Waals surface area contributed by atoms with Crippen LogP contribution < -0.4 is 10.6 Å². The van der Waals surface area contributed by atoms with E-state index in [2.05, 4.69) is 10.6 Å². The molecule has 0 aliphatic heterocycles. The van der Waals surface area contributed by atoms with Gasteiger partial charge in [-0.15, -0.1) is 0 Å². The second kappa shape index (κ2) is 9.50. The monoisotopic (exact) mass is 390 g/mol. The molecule has 3 rings (SSSR count). The number of hydrogen-bond acceptors (Lipinski definition) is 4. The van der Waals surface area contributed by atoms with Crippen LogP contribution >= 0.6 is 0 Å². The lowest BCUT2D eigenvalue weighted by Crippen LogP contribution is -2.33. The molecule has 0 aromatic heterocycles. The summed E-state index contributed by atoms with van der Waals surface area (Å²) in [5, 5.41) is 7.38. The van der Waals surface area contributed by atoms with Crippen LogP contribution in [0.1, 0.15) is 22.8 Å². The molecular formula is C23H22N2O4. The summed E-state index contributed by atoms with van der Waals surface area (Å²) in [6.07, 6.45) is 0.187. The number of rotatable bonds is 7. The van der Waals surface area contributed by atoms with Crippen molar-refractivity contribution in [2.24, 2.45) is 0 Å². The van der Waals surface area contributed by atoms with Crippen molar-refractivity contribution in [2.45, 2.75) is 13.3 Å². The fraction of sp³-hybridized carbons (Fsp3) is 0.174. The topological polar surface area (TPSA) is 84.5 Å². The number of ether oxygens (including phenoxy) is 1. The summed E-state index contributed by atoms with van der Waals surface area (Å²) in [5.74, 6) is -1.07. The Morgan fingerprint density at radius 1 is 0.897 bits per heavy atom. The van der Waals surface area contributed by atoms with Crippen molar-refractivity contribution in [3.05, 3.63) is 77.9 Å². The van der Waals surface area contributed by atoms with Gasteiger partial charge in [-0.2, -0.15) is 0 Å². The van der Waals surface area contributed by atoms with Crippen LogP contribution in [0.25, 0.3) is 10.8 Å². The Bertz CT molecular complexity index is 1040. The molecule has 3 aromatic rings. The second-order valence-electron chi connectivity index (χ2n) is 6.44. The molecule has 0 saturated heterocycles. The highest BCUT2D eigenvalue weighted by atomic mass is 16.5. The molecule has 0 atom stereocenters. The quantitative estimate of drug-likeness (QED) is 0.606. The average Bonchev–Trinajstić information content (AvgIpc) is 2.73. The smallest absolute Gasteiger partial charge is 0.338 e. The molecule has 0 fully saturated rings. The van der Waals surface area contributed by atoms with Gasteiger partial charge in [0.1, 0.15) is 0 Å². The van der Waals surface area contributed by atoms with Gasteiger partial charge in [0.25, 0.3) is 0 Å². The minimum atomic E-state index is -0.452. The fourth-order valence-corrected chi connectivity index (χ4v) is 3.00. The van der Waals surface area contributed by atoms with E-state index in [9.17, 15) is 14.4 Å². The van der Waals surface area contributed by atoms with Gasteiger partial charge in [0.15, 0.2) is 0 Å². The molecule has 29 heavy (non-hydrogen) atoms. The molecule has 0 aliphatic rings. The van der Waals surface area contributed by atoms with Crippen molar-refractivity contribution in [1.29, 1.82) is 0 Å². The van der Waals surface area contributed by atoms with E-state index < -0.39 is 5.97 Å². The zero-order valence-electron chi connectivity index (χ0n) is 16.1. The first-order chi connectivity index (χ1) is 14.1.